The molecule has 1 aliphatic heterocycles. The van der Waals surface area contributed by atoms with Crippen molar-refractivity contribution in [3.05, 3.63) is 52.5 Å². The van der Waals surface area contributed by atoms with Gasteiger partial charge in [-0.2, -0.15) is 18.4 Å². The first-order valence-electron chi connectivity index (χ1n) is 10.4. The molecule has 1 heterocycles. The minimum atomic E-state index is -4.82. The molecule has 0 spiro atoms. The molecule has 1 fully saturated rings. The van der Waals surface area contributed by atoms with Crippen molar-refractivity contribution in [1.82, 2.24) is 0 Å². The lowest BCUT2D eigenvalue weighted by atomic mass is 10.0. The number of nitriles is 1. The van der Waals surface area contributed by atoms with Gasteiger partial charge in [0, 0.05) is 18.5 Å². The first kappa shape index (κ1) is 26.9. The van der Waals surface area contributed by atoms with Gasteiger partial charge in [0.25, 0.3) is 5.91 Å². The molecule has 3 rings (SSSR count). The molecule has 13 heteroatoms. The van der Waals surface area contributed by atoms with Crippen LogP contribution in [-0.2, 0) is 20.6 Å². The van der Waals surface area contributed by atoms with E-state index in [1.807, 2.05) is 0 Å². The maximum atomic E-state index is 13.5. The smallest absolute Gasteiger partial charge is 0.370 e. The Hall–Kier alpha value is -3.69. The lowest BCUT2D eigenvalue weighted by molar-refractivity contribution is -0.137. The van der Waals surface area contributed by atoms with Crippen molar-refractivity contribution in [3.63, 3.8) is 0 Å². The van der Waals surface area contributed by atoms with E-state index in [1.54, 1.807) is 0 Å². The Kier molecular flexibility index (Phi) is 7.29. The van der Waals surface area contributed by atoms with E-state index in [-0.39, 0.29) is 34.4 Å². The Labute approximate surface area is 214 Å². The number of thiocarbonyl (C=S) groups is 1. The number of anilines is 3. The molecular weight excluding hydrogens is 519 g/mol. The van der Waals surface area contributed by atoms with Crippen LogP contribution in [0.25, 0.3) is 0 Å². The normalized spacial score (nSPS) is 15.1. The summed E-state index contributed by atoms with van der Waals surface area (Å²) in [4.78, 5) is 38.8. The summed E-state index contributed by atoms with van der Waals surface area (Å²) in [5.74, 6) is -1.78. The third-order valence-electron chi connectivity index (χ3n) is 5.44. The molecule has 3 N–H and O–H groups in total. The number of rotatable bonds is 6. The lowest BCUT2D eigenvalue weighted by Gasteiger charge is -2.30. The Balaban J connectivity index is 2.01. The van der Waals surface area contributed by atoms with Gasteiger partial charge >= 0.3 is 6.18 Å². The number of nitrogens with zero attached hydrogens (tertiary/aromatic N) is 3. The van der Waals surface area contributed by atoms with E-state index >= 15 is 0 Å². The molecule has 0 aromatic heterocycles. The molecule has 8 nitrogen and oxygen atoms in total. The molecule has 188 valence electrons. The summed E-state index contributed by atoms with van der Waals surface area (Å²) in [7, 11) is 0. The maximum absolute atomic E-state index is 13.5. The molecule has 2 aromatic carbocycles. The van der Waals surface area contributed by atoms with Gasteiger partial charge in [-0.05, 0) is 62.5 Å². The number of primary amides is 1. The number of amides is 3. The van der Waals surface area contributed by atoms with Gasteiger partial charge in [-0.25, -0.2) is 0 Å². The number of benzene rings is 2. The Bertz CT molecular complexity index is 1320. The molecule has 0 radical (unpaired) electrons. The van der Waals surface area contributed by atoms with Crippen LogP contribution < -0.4 is 20.9 Å². The predicted octanol–water partition coefficient (Wildman–Crippen LogP) is 4.35. The molecular formula is C23H19ClF3N5O3S. The monoisotopic (exact) mass is 537 g/mol. The first-order chi connectivity index (χ1) is 16.7. The number of halogens is 4. The van der Waals surface area contributed by atoms with Crippen molar-refractivity contribution in [2.45, 2.75) is 38.4 Å². The molecule has 0 aliphatic carbocycles. The van der Waals surface area contributed by atoms with Crippen LogP contribution in [0.1, 0.15) is 37.8 Å². The largest absolute Gasteiger partial charge is 0.417 e. The fraction of sp³-hybridized carbons (Fsp3) is 0.261. The summed E-state index contributed by atoms with van der Waals surface area (Å²) >= 11 is 11.7. The Morgan fingerprint density at radius 3 is 2.39 bits per heavy atom. The fourth-order valence-corrected chi connectivity index (χ4v) is 4.34. The zero-order valence-corrected chi connectivity index (χ0v) is 20.5. The molecule has 0 saturated carbocycles. The zero-order chi connectivity index (χ0) is 27.0. The zero-order valence-electron chi connectivity index (χ0n) is 18.9. The van der Waals surface area contributed by atoms with Crippen molar-refractivity contribution >= 4 is 63.7 Å². The average Bonchev–Trinajstić information content (AvgIpc) is 2.96. The highest BCUT2D eigenvalue weighted by Crippen LogP contribution is 2.40. The van der Waals surface area contributed by atoms with Gasteiger partial charge in [0.15, 0.2) is 5.11 Å². The third-order valence-corrected chi connectivity index (χ3v) is 6.13. The second-order valence-corrected chi connectivity index (χ2v) is 9.11. The predicted molar refractivity (Wildman–Crippen MR) is 131 cm³/mol. The van der Waals surface area contributed by atoms with Gasteiger partial charge in [0.2, 0.25) is 11.8 Å². The second-order valence-electron chi connectivity index (χ2n) is 8.34. The van der Waals surface area contributed by atoms with E-state index in [1.165, 1.54) is 49.1 Å². The molecule has 1 saturated heterocycles. The number of nitrogens with two attached hydrogens (primary N) is 1. The topological polar surface area (TPSA) is 120 Å². The number of carbonyl (C=O) groups is 3. The summed E-state index contributed by atoms with van der Waals surface area (Å²) < 4.78 is 40.5. The number of alkyl halides is 3. The SMILES string of the molecule is CC1(C)C(=O)N(c2ccc(C#N)c(C(F)(F)F)c2)C(=S)N1c1ccc(Cl)c(NC(=O)CCC(N)=O)c1. The van der Waals surface area contributed by atoms with Gasteiger partial charge in [-0.1, -0.05) is 11.6 Å². The van der Waals surface area contributed by atoms with E-state index < -0.39 is 40.6 Å². The highest BCUT2D eigenvalue weighted by atomic mass is 35.5. The van der Waals surface area contributed by atoms with Crippen molar-refractivity contribution in [2.24, 2.45) is 5.73 Å². The number of carbonyl (C=O) groups excluding carboxylic acids is 3. The summed E-state index contributed by atoms with van der Waals surface area (Å²) in [6, 6.07) is 8.83. The minimum Gasteiger partial charge on any atom is -0.370 e. The highest BCUT2D eigenvalue weighted by Gasteiger charge is 2.50. The second kappa shape index (κ2) is 9.75. The number of hydrogen-bond donors (Lipinski definition) is 2. The number of nitrogens with one attached hydrogen (secondary N) is 1. The van der Waals surface area contributed by atoms with E-state index in [0.29, 0.717) is 11.8 Å². The van der Waals surface area contributed by atoms with Crippen LogP contribution in [-0.4, -0.2) is 28.4 Å². The van der Waals surface area contributed by atoms with Crippen LogP contribution in [0.5, 0.6) is 0 Å². The molecule has 0 unspecified atom stereocenters. The molecule has 1 aliphatic rings. The first-order valence-corrected chi connectivity index (χ1v) is 11.1. The Morgan fingerprint density at radius 1 is 1.17 bits per heavy atom. The van der Waals surface area contributed by atoms with Crippen LogP contribution in [0, 0.1) is 11.3 Å². The van der Waals surface area contributed by atoms with Crippen LogP contribution in [0.2, 0.25) is 5.02 Å². The van der Waals surface area contributed by atoms with E-state index in [0.717, 1.165) is 11.0 Å². The van der Waals surface area contributed by atoms with Crippen molar-refractivity contribution in [3.8, 4) is 6.07 Å². The van der Waals surface area contributed by atoms with Gasteiger partial charge in [0.1, 0.15) is 5.54 Å². The lowest BCUT2D eigenvalue weighted by Crippen LogP contribution is -2.44. The van der Waals surface area contributed by atoms with E-state index in [4.69, 9.17) is 34.8 Å². The molecule has 0 bridgehead atoms. The van der Waals surface area contributed by atoms with Gasteiger partial charge in [0.05, 0.1) is 33.6 Å². The maximum Gasteiger partial charge on any atom is 0.417 e. The van der Waals surface area contributed by atoms with Gasteiger partial charge in [-0.3, -0.25) is 19.3 Å². The highest BCUT2D eigenvalue weighted by molar-refractivity contribution is 7.81. The van der Waals surface area contributed by atoms with E-state index in [2.05, 4.69) is 5.32 Å². The quantitative estimate of drug-likeness (QED) is 0.529. The summed E-state index contributed by atoms with van der Waals surface area (Å²) in [5, 5.41) is 11.7. The summed E-state index contributed by atoms with van der Waals surface area (Å²) in [6.07, 6.45) is -5.16. The summed E-state index contributed by atoms with van der Waals surface area (Å²) in [6.45, 7) is 3.07. The van der Waals surface area contributed by atoms with Crippen LogP contribution >= 0.6 is 23.8 Å². The molecule has 2 aromatic rings. The number of hydrogen-bond acceptors (Lipinski definition) is 5. The average molecular weight is 538 g/mol. The molecule has 36 heavy (non-hydrogen) atoms. The van der Waals surface area contributed by atoms with Crippen molar-refractivity contribution < 1.29 is 27.6 Å². The van der Waals surface area contributed by atoms with Gasteiger partial charge in [-0.15, -0.1) is 0 Å². The fourth-order valence-electron chi connectivity index (χ4n) is 3.66. The van der Waals surface area contributed by atoms with Crippen LogP contribution in [0.3, 0.4) is 0 Å². The van der Waals surface area contributed by atoms with Gasteiger partial charge < -0.3 is 16.0 Å². The van der Waals surface area contributed by atoms with E-state index in [9.17, 15) is 27.6 Å². The Morgan fingerprint density at radius 2 is 1.81 bits per heavy atom. The van der Waals surface area contributed by atoms with Crippen molar-refractivity contribution in [2.75, 3.05) is 15.1 Å². The summed E-state index contributed by atoms with van der Waals surface area (Å²) in [5.41, 5.74) is 2.30. The van der Waals surface area contributed by atoms with Crippen LogP contribution in [0.4, 0.5) is 30.2 Å². The standard InChI is InChI=1S/C23H19ClF3N5O3S/c1-22(2)20(35)31(13-4-3-12(11-28)15(9-13)23(25,26)27)21(36)32(22)14-5-6-16(24)17(10-14)30-19(34)8-7-18(29)33/h3-6,9-10H,7-8H2,1-2H3,(H2,29,33)(H,30,34). The van der Waals surface area contributed by atoms with Crippen molar-refractivity contribution in [1.29, 1.82) is 5.26 Å². The molecule has 0 atom stereocenters. The molecule has 3 amide bonds. The minimum absolute atomic E-state index is 0.115. The third kappa shape index (κ3) is 5.12. The van der Waals surface area contributed by atoms with Crippen LogP contribution in [0.15, 0.2) is 36.4 Å².